The predicted molar refractivity (Wildman–Crippen MR) is 59.5 cm³/mol. The van der Waals surface area contributed by atoms with Gasteiger partial charge in [0, 0.05) is 19.1 Å². The van der Waals surface area contributed by atoms with E-state index in [1.54, 1.807) is 0 Å². The van der Waals surface area contributed by atoms with Crippen molar-refractivity contribution < 1.29 is 5.11 Å². The van der Waals surface area contributed by atoms with E-state index in [0.29, 0.717) is 6.04 Å². The normalized spacial score (nSPS) is 23.1. The first kappa shape index (κ1) is 12.0. The molecule has 0 spiro atoms. The molecule has 0 radical (unpaired) electrons. The molecule has 0 saturated carbocycles. The van der Waals surface area contributed by atoms with Crippen molar-refractivity contribution in [3.05, 3.63) is 0 Å². The second-order valence-electron chi connectivity index (χ2n) is 4.17. The fourth-order valence-electron chi connectivity index (χ4n) is 2.06. The van der Waals surface area contributed by atoms with E-state index in [0.717, 1.165) is 6.54 Å². The number of nitrogens with zero attached hydrogens (tertiary/aromatic N) is 1. The second kappa shape index (κ2) is 7.21. The van der Waals surface area contributed by atoms with Crippen molar-refractivity contribution >= 4 is 0 Å². The molecule has 0 aromatic carbocycles. The Balaban J connectivity index is 2.02. The zero-order valence-electron chi connectivity index (χ0n) is 9.34. The average molecular weight is 200 g/mol. The Hall–Kier alpha value is -0.120. The molecule has 1 rings (SSSR count). The monoisotopic (exact) mass is 200 g/mol. The van der Waals surface area contributed by atoms with E-state index in [1.165, 1.54) is 45.3 Å². The minimum Gasteiger partial charge on any atom is -0.395 e. The van der Waals surface area contributed by atoms with Crippen molar-refractivity contribution in [2.45, 2.75) is 38.6 Å². The van der Waals surface area contributed by atoms with Gasteiger partial charge in [0.2, 0.25) is 0 Å². The van der Waals surface area contributed by atoms with Crippen LogP contribution in [0.2, 0.25) is 0 Å². The lowest BCUT2D eigenvalue weighted by Crippen LogP contribution is -2.34. The third-order valence-corrected chi connectivity index (χ3v) is 2.90. The summed E-state index contributed by atoms with van der Waals surface area (Å²) in [5.41, 5.74) is 0. The van der Waals surface area contributed by atoms with Gasteiger partial charge in [-0.2, -0.15) is 0 Å². The van der Waals surface area contributed by atoms with Gasteiger partial charge in [0.1, 0.15) is 0 Å². The minimum atomic E-state index is 0.256. The van der Waals surface area contributed by atoms with E-state index in [-0.39, 0.29) is 6.61 Å². The van der Waals surface area contributed by atoms with Gasteiger partial charge < -0.3 is 15.3 Å². The third kappa shape index (κ3) is 4.40. The van der Waals surface area contributed by atoms with Crippen molar-refractivity contribution in [3.8, 4) is 0 Å². The van der Waals surface area contributed by atoms with Gasteiger partial charge in [0.15, 0.2) is 0 Å². The molecule has 1 saturated heterocycles. The summed E-state index contributed by atoms with van der Waals surface area (Å²) in [5, 5.41) is 12.0. The van der Waals surface area contributed by atoms with Crippen LogP contribution in [0.3, 0.4) is 0 Å². The predicted octanol–water partition coefficient (Wildman–Crippen LogP) is 0.833. The molecule has 1 aliphatic rings. The first-order valence-corrected chi connectivity index (χ1v) is 5.93. The molecule has 2 N–H and O–H groups in total. The van der Waals surface area contributed by atoms with Gasteiger partial charge in [-0.05, 0) is 25.9 Å². The Morgan fingerprint density at radius 2 is 2.29 bits per heavy atom. The van der Waals surface area contributed by atoms with Crippen LogP contribution in [-0.2, 0) is 0 Å². The van der Waals surface area contributed by atoms with Crippen molar-refractivity contribution in [3.63, 3.8) is 0 Å². The van der Waals surface area contributed by atoms with E-state index in [2.05, 4.69) is 17.1 Å². The van der Waals surface area contributed by atoms with Crippen LogP contribution in [0.1, 0.15) is 32.6 Å². The molecule has 0 aliphatic carbocycles. The summed E-state index contributed by atoms with van der Waals surface area (Å²) in [6.07, 6.45) is 5.24. The Morgan fingerprint density at radius 3 is 3.00 bits per heavy atom. The highest BCUT2D eigenvalue weighted by molar-refractivity contribution is 4.80. The van der Waals surface area contributed by atoms with E-state index in [4.69, 9.17) is 5.11 Å². The largest absolute Gasteiger partial charge is 0.395 e. The van der Waals surface area contributed by atoms with E-state index < -0.39 is 0 Å². The summed E-state index contributed by atoms with van der Waals surface area (Å²) in [6.45, 7) is 6.90. The number of hydrogen-bond acceptors (Lipinski definition) is 3. The Morgan fingerprint density at radius 1 is 1.43 bits per heavy atom. The lowest BCUT2D eigenvalue weighted by atomic mass is 10.2. The summed E-state index contributed by atoms with van der Waals surface area (Å²) < 4.78 is 0. The third-order valence-electron chi connectivity index (χ3n) is 2.90. The van der Waals surface area contributed by atoms with Crippen LogP contribution in [0.5, 0.6) is 0 Å². The highest BCUT2D eigenvalue weighted by atomic mass is 16.3. The van der Waals surface area contributed by atoms with Gasteiger partial charge in [-0.1, -0.05) is 19.8 Å². The first-order chi connectivity index (χ1) is 6.86. The van der Waals surface area contributed by atoms with Gasteiger partial charge in [0.05, 0.1) is 6.61 Å². The molecule has 0 aromatic heterocycles. The molecular formula is C11H24N2O. The Labute approximate surface area is 87.5 Å². The number of aliphatic hydroxyl groups excluding tert-OH is 1. The average Bonchev–Trinajstić information content (AvgIpc) is 2.63. The molecule has 0 aromatic rings. The minimum absolute atomic E-state index is 0.256. The molecule has 1 heterocycles. The van der Waals surface area contributed by atoms with Gasteiger partial charge in [-0.3, -0.25) is 0 Å². The van der Waals surface area contributed by atoms with E-state index >= 15 is 0 Å². The molecule has 14 heavy (non-hydrogen) atoms. The van der Waals surface area contributed by atoms with Crippen LogP contribution in [0.15, 0.2) is 0 Å². The van der Waals surface area contributed by atoms with Gasteiger partial charge in [0.25, 0.3) is 0 Å². The number of unbranched alkanes of at least 4 members (excludes halogenated alkanes) is 2. The highest BCUT2D eigenvalue weighted by Crippen LogP contribution is 2.10. The van der Waals surface area contributed by atoms with Gasteiger partial charge in [-0.25, -0.2) is 0 Å². The van der Waals surface area contributed by atoms with Crippen LogP contribution in [0.25, 0.3) is 0 Å². The Bertz CT molecular complexity index is 141. The Kier molecular flexibility index (Phi) is 6.15. The van der Waals surface area contributed by atoms with Crippen molar-refractivity contribution in [2.75, 3.05) is 32.8 Å². The summed E-state index contributed by atoms with van der Waals surface area (Å²) >= 11 is 0. The molecule has 1 fully saturated rings. The summed E-state index contributed by atoms with van der Waals surface area (Å²) in [4.78, 5) is 2.53. The number of hydrogen-bond donors (Lipinski definition) is 2. The maximum absolute atomic E-state index is 8.69. The molecule has 3 heteroatoms. The zero-order valence-corrected chi connectivity index (χ0v) is 9.34. The van der Waals surface area contributed by atoms with Gasteiger partial charge >= 0.3 is 0 Å². The standard InChI is InChI=1S/C11H24N2O/c1-2-3-4-7-13-8-5-11(10-13)12-6-9-14/h11-12,14H,2-10H2,1H3. The smallest absolute Gasteiger partial charge is 0.0556 e. The first-order valence-electron chi connectivity index (χ1n) is 5.93. The number of likely N-dealkylation sites (tertiary alicyclic amines) is 1. The van der Waals surface area contributed by atoms with Crippen molar-refractivity contribution in [1.29, 1.82) is 0 Å². The van der Waals surface area contributed by atoms with E-state index in [9.17, 15) is 0 Å². The lowest BCUT2D eigenvalue weighted by Gasteiger charge is -2.15. The number of nitrogens with one attached hydrogen (secondary N) is 1. The zero-order chi connectivity index (χ0) is 10.2. The molecule has 1 unspecified atom stereocenters. The van der Waals surface area contributed by atoms with E-state index in [1.807, 2.05) is 0 Å². The summed E-state index contributed by atoms with van der Waals surface area (Å²) in [7, 11) is 0. The molecule has 1 aliphatic heterocycles. The SMILES string of the molecule is CCCCCN1CCC(NCCO)C1. The fraction of sp³-hybridized carbons (Fsp3) is 1.00. The molecule has 1 atom stereocenters. The second-order valence-corrected chi connectivity index (χ2v) is 4.17. The van der Waals surface area contributed by atoms with Crippen LogP contribution in [-0.4, -0.2) is 48.8 Å². The van der Waals surface area contributed by atoms with Crippen LogP contribution in [0, 0.1) is 0 Å². The van der Waals surface area contributed by atoms with Crippen LogP contribution >= 0.6 is 0 Å². The molecule has 0 bridgehead atoms. The van der Waals surface area contributed by atoms with Crippen molar-refractivity contribution in [2.24, 2.45) is 0 Å². The summed E-state index contributed by atoms with van der Waals surface area (Å²) in [5.74, 6) is 0. The topological polar surface area (TPSA) is 35.5 Å². The number of rotatable bonds is 7. The molecular weight excluding hydrogens is 176 g/mol. The number of aliphatic hydroxyl groups is 1. The lowest BCUT2D eigenvalue weighted by molar-refractivity contribution is 0.278. The molecule has 3 nitrogen and oxygen atoms in total. The highest BCUT2D eigenvalue weighted by Gasteiger charge is 2.20. The quantitative estimate of drug-likeness (QED) is 0.598. The maximum Gasteiger partial charge on any atom is 0.0556 e. The molecule has 0 amide bonds. The van der Waals surface area contributed by atoms with Crippen LogP contribution in [0.4, 0.5) is 0 Å². The summed E-state index contributed by atoms with van der Waals surface area (Å²) in [6, 6.07) is 0.615. The fourth-order valence-corrected chi connectivity index (χ4v) is 2.06. The van der Waals surface area contributed by atoms with Gasteiger partial charge in [-0.15, -0.1) is 0 Å². The maximum atomic E-state index is 8.69. The van der Waals surface area contributed by atoms with Crippen LogP contribution < -0.4 is 5.32 Å². The molecule has 84 valence electrons. The van der Waals surface area contributed by atoms with Crippen molar-refractivity contribution in [1.82, 2.24) is 10.2 Å².